The van der Waals surface area contributed by atoms with Gasteiger partial charge in [-0.2, -0.15) is 0 Å². The zero-order valence-electron chi connectivity index (χ0n) is 19.2. The van der Waals surface area contributed by atoms with E-state index in [1.165, 1.54) is 12.1 Å². The molecule has 0 amide bonds. The average molecular weight is 556 g/mol. The quantitative estimate of drug-likeness (QED) is 0.236. The summed E-state index contributed by atoms with van der Waals surface area (Å²) >= 11 is 12.9. The fourth-order valence-electron chi connectivity index (χ4n) is 4.37. The van der Waals surface area contributed by atoms with Crippen LogP contribution in [0.3, 0.4) is 0 Å². The Morgan fingerprint density at radius 3 is 2.54 bits per heavy atom. The summed E-state index contributed by atoms with van der Waals surface area (Å²) in [6.45, 7) is 0.0782. The summed E-state index contributed by atoms with van der Waals surface area (Å²) in [5, 5.41) is 5.14. The largest absolute Gasteiger partial charge is 0.489 e. The lowest BCUT2D eigenvalue weighted by Gasteiger charge is -2.12. The van der Waals surface area contributed by atoms with E-state index in [2.05, 4.69) is 5.16 Å². The van der Waals surface area contributed by atoms with Crippen molar-refractivity contribution in [2.75, 3.05) is 0 Å². The fraction of sp³-hybridized carbons (Fsp3) is 0.185. The van der Waals surface area contributed by atoms with Crippen LogP contribution in [0.25, 0.3) is 11.3 Å². The Labute approximate surface area is 222 Å². The summed E-state index contributed by atoms with van der Waals surface area (Å²) in [4.78, 5) is 11.2. The van der Waals surface area contributed by atoms with Gasteiger partial charge < -0.3 is 14.0 Å². The zero-order chi connectivity index (χ0) is 25.7. The van der Waals surface area contributed by atoms with Gasteiger partial charge in [-0.3, -0.25) is 4.79 Å². The molecule has 4 aromatic rings. The molecule has 1 fully saturated rings. The maximum absolute atomic E-state index is 13.2. The van der Waals surface area contributed by atoms with E-state index in [1.54, 1.807) is 42.5 Å². The van der Waals surface area contributed by atoms with Crippen LogP contribution in [-0.4, -0.2) is 19.9 Å². The van der Waals surface area contributed by atoms with Gasteiger partial charge in [0.05, 0.1) is 21.4 Å². The molecule has 188 valence electrons. The van der Waals surface area contributed by atoms with Gasteiger partial charge in [0.2, 0.25) is 0 Å². The van der Waals surface area contributed by atoms with Crippen molar-refractivity contribution in [2.45, 2.75) is 36.0 Å². The number of halogens is 2. The first-order valence-corrected chi connectivity index (χ1v) is 13.9. The van der Waals surface area contributed by atoms with Crippen molar-refractivity contribution in [3.8, 4) is 28.5 Å². The van der Waals surface area contributed by atoms with Crippen LogP contribution in [0.15, 0.2) is 64.0 Å². The van der Waals surface area contributed by atoms with E-state index in [0.29, 0.717) is 50.2 Å². The predicted octanol–water partition coefficient (Wildman–Crippen LogP) is 7.00. The lowest BCUT2D eigenvalue weighted by atomic mass is 10.0. The van der Waals surface area contributed by atoms with Gasteiger partial charge in [0.15, 0.2) is 9.84 Å². The van der Waals surface area contributed by atoms with E-state index in [1.807, 2.05) is 0 Å². The highest BCUT2D eigenvalue weighted by Gasteiger charge is 2.34. The highest BCUT2D eigenvalue weighted by molar-refractivity contribution is 7.90. The third kappa shape index (κ3) is 4.50. The van der Waals surface area contributed by atoms with Crippen molar-refractivity contribution in [3.63, 3.8) is 0 Å². The van der Waals surface area contributed by atoms with Gasteiger partial charge in [-0.1, -0.05) is 46.6 Å². The normalized spacial score (nSPS) is 15.7. The lowest BCUT2D eigenvalue weighted by Crippen LogP contribution is -2.05. The van der Waals surface area contributed by atoms with Gasteiger partial charge in [0, 0.05) is 28.7 Å². The number of ether oxygens (including phenoxy) is 2. The molecule has 1 aliphatic heterocycles. The fourth-order valence-corrected chi connectivity index (χ4v) is 6.46. The molecule has 0 unspecified atom stereocenters. The Bertz CT molecular complexity index is 1640. The molecule has 1 aromatic heterocycles. The Morgan fingerprint density at radius 1 is 1.03 bits per heavy atom. The highest BCUT2D eigenvalue weighted by atomic mass is 35.5. The molecule has 0 spiro atoms. The zero-order valence-corrected chi connectivity index (χ0v) is 21.6. The van der Waals surface area contributed by atoms with Crippen LogP contribution in [0, 0.1) is 0 Å². The first-order chi connectivity index (χ1) is 17.8. The molecule has 0 N–H and O–H groups in total. The van der Waals surface area contributed by atoms with E-state index < -0.39 is 9.84 Å². The second-order valence-corrected chi connectivity index (χ2v) is 11.8. The minimum absolute atomic E-state index is 0.0101. The number of fused-ring (bicyclic) bond motifs is 2. The number of sulfone groups is 1. The van der Waals surface area contributed by atoms with Gasteiger partial charge >= 0.3 is 0 Å². The van der Waals surface area contributed by atoms with Crippen LogP contribution in [0.5, 0.6) is 17.2 Å². The van der Waals surface area contributed by atoms with Crippen LogP contribution in [-0.2, 0) is 22.2 Å². The molecule has 2 heterocycles. The number of rotatable bonds is 6. The second-order valence-electron chi connectivity index (χ2n) is 8.99. The van der Waals surface area contributed by atoms with Crippen molar-refractivity contribution in [1.82, 2.24) is 5.16 Å². The Kier molecular flexibility index (Phi) is 5.98. The molecule has 0 radical (unpaired) electrons. The van der Waals surface area contributed by atoms with E-state index in [0.717, 1.165) is 24.2 Å². The third-order valence-corrected chi connectivity index (χ3v) is 8.70. The molecule has 1 saturated carbocycles. The number of carbonyl (C=O) groups is 1. The smallest absolute Gasteiger partial charge is 0.186 e. The van der Waals surface area contributed by atoms with Crippen LogP contribution < -0.4 is 9.47 Å². The summed E-state index contributed by atoms with van der Waals surface area (Å²) in [5.41, 5.74) is 2.66. The molecule has 2 aliphatic rings. The Morgan fingerprint density at radius 2 is 1.81 bits per heavy atom. The van der Waals surface area contributed by atoms with Crippen LogP contribution in [0.2, 0.25) is 10.0 Å². The lowest BCUT2D eigenvalue weighted by molar-refractivity contribution is 0.112. The molecule has 0 saturated heterocycles. The maximum atomic E-state index is 13.2. The summed E-state index contributed by atoms with van der Waals surface area (Å²) < 4.78 is 44.1. The van der Waals surface area contributed by atoms with Crippen LogP contribution in [0.4, 0.5) is 0 Å². The standard InChI is InChI=1S/C27H19Cl2NO6S/c28-20-2-1-3-21(29)25(20)26-19(27(36-30-26)16-6-7-16)13-34-18-8-9-22-24(11-18)37(32,33)14-17-5-4-15(12-31)10-23(17)35-22/h1-5,8-12,16H,6-7,13-14H2. The number of hydrogen-bond donors (Lipinski definition) is 0. The topological polar surface area (TPSA) is 95.7 Å². The molecule has 3 aromatic carbocycles. The average Bonchev–Trinajstić information content (AvgIpc) is 3.65. The number of carbonyl (C=O) groups excluding carboxylic acids is 1. The van der Waals surface area contributed by atoms with Gasteiger partial charge in [-0.25, -0.2) is 8.42 Å². The van der Waals surface area contributed by atoms with Crippen molar-refractivity contribution in [3.05, 3.63) is 87.1 Å². The Balaban J connectivity index is 1.33. The number of aldehydes is 1. The SMILES string of the molecule is O=Cc1ccc2c(c1)Oc1ccc(OCc3c(-c4c(Cl)cccc4Cl)noc3C3CC3)cc1S(=O)(=O)C2. The summed E-state index contributed by atoms with van der Waals surface area (Å²) in [6.07, 6.45) is 2.66. The molecule has 7 nitrogen and oxygen atoms in total. The molecule has 0 atom stereocenters. The van der Waals surface area contributed by atoms with E-state index in [9.17, 15) is 13.2 Å². The van der Waals surface area contributed by atoms with E-state index in [4.69, 9.17) is 37.2 Å². The van der Waals surface area contributed by atoms with Gasteiger partial charge in [-0.05, 0) is 43.2 Å². The van der Waals surface area contributed by atoms with Gasteiger partial charge in [0.25, 0.3) is 0 Å². The van der Waals surface area contributed by atoms with E-state index >= 15 is 0 Å². The van der Waals surface area contributed by atoms with Gasteiger partial charge in [0.1, 0.15) is 46.5 Å². The highest BCUT2D eigenvalue weighted by Crippen LogP contribution is 2.46. The molecular weight excluding hydrogens is 537 g/mol. The van der Waals surface area contributed by atoms with Gasteiger partial charge in [-0.15, -0.1) is 0 Å². The first-order valence-electron chi connectivity index (χ1n) is 11.5. The summed E-state index contributed by atoms with van der Waals surface area (Å²) in [7, 11) is -3.74. The first kappa shape index (κ1) is 24.0. The molecule has 0 bridgehead atoms. The van der Waals surface area contributed by atoms with Crippen LogP contribution >= 0.6 is 23.2 Å². The Hall–Kier alpha value is -3.33. The number of aromatic nitrogens is 1. The van der Waals surface area contributed by atoms with Crippen molar-refractivity contribution >= 4 is 39.3 Å². The number of nitrogens with zero attached hydrogens (tertiary/aromatic N) is 1. The minimum Gasteiger partial charge on any atom is -0.489 e. The third-order valence-electron chi connectivity index (χ3n) is 6.39. The van der Waals surface area contributed by atoms with Crippen molar-refractivity contribution < 1.29 is 27.2 Å². The number of hydrogen-bond acceptors (Lipinski definition) is 7. The summed E-state index contributed by atoms with van der Waals surface area (Å²) in [6, 6.07) is 14.5. The molecule has 10 heteroatoms. The maximum Gasteiger partial charge on any atom is 0.186 e. The van der Waals surface area contributed by atoms with Crippen molar-refractivity contribution in [1.29, 1.82) is 0 Å². The predicted molar refractivity (Wildman–Crippen MR) is 138 cm³/mol. The monoisotopic (exact) mass is 555 g/mol. The second kappa shape index (κ2) is 9.20. The molecule has 1 aliphatic carbocycles. The number of benzene rings is 3. The summed E-state index contributed by atoms with van der Waals surface area (Å²) in [5.74, 6) is 1.55. The van der Waals surface area contributed by atoms with E-state index in [-0.39, 0.29) is 28.9 Å². The van der Waals surface area contributed by atoms with Crippen molar-refractivity contribution in [2.24, 2.45) is 0 Å². The van der Waals surface area contributed by atoms with Crippen LogP contribution in [0.1, 0.15) is 46.0 Å². The molecular formula is C27H19Cl2NO6S. The molecule has 6 rings (SSSR count). The molecule has 37 heavy (non-hydrogen) atoms. The minimum atomic E-state index is -3.74.